The number of nitrogens with one attached hydrogen (secondary N) is 1. The van der Waals surface area contributed by atoms with Gasteiger partial charge in [0.1, 0.15) is 28.0 Å². The zero-order chi connectivity index (χ0) is 24.0. The van der Waals surface area contributed by atoms with E-state index in [1.165, 1.54) is 49.6 Å². The number of nitrogens with zero attached hydrogens (tertiary/aromatic N) is 1. The Morgan fingerprint density at radius 1 is 1.09 bits per heavy atom. The van der Waals surface area contributed by atoms with Crippen LogP contribution in [0.25, 0.3) is 6.08 Å². The molecule has 3 aromatic rings. The molecular weight excluding hydrogens is 532 g/mol. The van der Waals surface area contributed by atoms with E-state index in [0.29, 0.717) is 20.9 Å². The Morgan fingerprint density at radius 3 is 2.36 bits per heavy atom. The van der Waals surface area contributed by atoms with Gasteiger partial charge in [0, 0.05) is 20.7 Å². The highest BCUT2D eigenvalue weighted by molar-refractivity contribution is 9.10. The molecule has 0 unspecified atom stereocenters. The highest BCUT2D eigenvalue weighted by Gasteiger charge is 2.19. The van der Waals surface area contributed by atoms with Gasteiger partial charge in [-0.05, 0) is 72.8 Å². The summed E-state index contributed by atoms with van der Waals surface area (Å²) in [4.78, 5) is 12.5. The van der Waals surface area contributed by atoms with Crippen LogP contribution in [0.4, 0.5) is 5.69 Å². The van der Waals surface area contributed by atoms with E-state index in [-0.39, 0.29) is 21.8 Å². The Morgan fingerprint density at radius 2 is 1.76 bits per heavy atom. The maximum atomic E-state index is 12.7. The fourth-order valence-electron chi connectivity index (χ4n) is 2.65. The molecule has 7 nitrogen and oxygen atoms in total. The van der Waals surface area contributed by atoms with Gasteiger partial charge in [0.15, 0.2) is 0 Å². The van der Waals surface area contributed by atoms with E-state index < -0.39 is 16.0 Å². The highest BCUT2D eigenvalue weighted by atomic mass is 79.9. The third-order valence-corrected chi connectivity index (χ3v) is 6.28. The van der Waals surface area contributed by atoms with E-state index in [1.54, 1.807) is 30.3 Å². The number of anilines is 1. The Bertz CT molecular complexity index is 1350. The van der Waals surface area contributed by atoms with Crippen LogP contribution in [0.5, 0.6) is 11.5 Å². The number of carbonyl (C=O) groups is 1. The lowest BCUT2D eigenvalue weighted by molar-refractivity contribution is -0.112. The molecule has 168 valence electrons. The van der Waals surface area contributed by atoms with Crippen molar-refractivity contribution in [3.63, 3.8) is 0 Å². The number of hydrogen-bond donors (Lipinski definition) is 1. The van der Waals surface area contributed by atoms with Gasteiger partial charge in [-0.15, -0.1) is 0 Å². The third-order valence-electron chi connectivity index (χ3n) is 4.29. The molecule has 0 saturated carbocycles. The first-order valence-corrected chi connectivity index (χ1v) is 11.9. The molecule has 33 heavy (non-hydrogen) atoms. The van der Waals surface area contributed by atoms with Crippen molar-refractivity contribution in [1.82, 2.24) is 0 Å². The summed E-state index contributed by atoms with van der Waals surface area (Å²) in [6.45, 7) is 0. The largest absolute Gasteiger partial charge is 0.497 e. The zero-order valence-corrected chi connectivity index (χ0v) is 20.2. The predicted molar refractivity (Wildman–Crippen MR) is 129 cm³/mol. The average Bonchev–Trinajstić information content (AvgIpc) is 2.79. The van der Waals surface area contributed by atoms with Crippen LogP contribution in [0, 0.1) is 11.3 Å². The molecule has 0 saturated heterocycles. The second-order valence-electron chi connectivity index (χ2n) is 6.53. The van der Waals surface area contributed by atoms with Crippen LogP contribution in [0.15, 0.2) is 81.7 Å². The summed E-state index contributed by atoms with van der Waals surface area (Å²) >= 11 is 9.12. The lowest BCUT2D eigenvalue weighted by Gasteiger charge is -2.11. The molecule has 0 aliphatic rings. The summed E-state index contributed by atoms with van der Waals surface area (Å²) < 4.78 is 36.3. The van der Waals surface area contributed by atoms with E-state index in [4.69, 9.17) is 20.5 Å². The van der Waals surface area contributed by atoms with Crippen LogP contribution in [0.3, 0.4) is 0 Å². The van der Waals surface area contributed by atoms with Crippen LogP contribution in [0.2, 0.25) is 5.02 Å². The van der Waals surface area contributed by atoms with Crippen LogP contribution in [0.1, 0.15) is 5.56 Å². The molecule has 1 N–H and O–H groups in total. The standard InChI is InChI=1S/C23H16BrClN2O5S/c1-31-20-7-5-19(6-8-20)27-23(28)16(14-26)12-15-13-17(24)2-11-22(15)32-33(29,30)21-9-3-18(25)4-10-21/h2-13H,1H3,(H,27,28)/b16-12+. The summed E-state index contributed by atoms with van der Waals surface area (Å²) in [6.07, 6.45) is 1.25. The van der Waals surface area contributed by atoms with Crippen LogP contribution >= 0.6 is 27.5 Å². The maximum absolute atomic E-state index is 12.7. The maximum Gasteiger partial charge on any atom is 0.339 e. The molecule has 0 aromatic heterocycles. The quantitative estimate of drug-likeness (QED) is 0.240. The number of halogens is 2. The third kappa shape index (κ3) is 6.35. The molecule has 0 heterocycles. The molecule has 0 aliphatic heterocycles. The van der Waals surface area contributed by atoms with Gasteiger partial charge in [-0.2, -0.15) is 13.7 Å². The molecule has 0 fully saturated rings. The summed E-state index contributed by atoms with van der Waals surface area (Å²) in [5.74, 6) is -0.117. The molecule has 0 spiro atoms. The Kier molecular flexibility index (Phi) is 7.76. The zero-order valence-electron chi connectivity index (χ0n) is 17.1. The molecule has 1 amide bonds. The van der Waals surface area contributed by atoms with Gasteiger partial charge in [-0.1, -0.05) is 27.5 Å². The Labute approximate surface area is 204 Å². The summed E-state index contributed by atoms with van der Waals surface area (Å²) in [7, 11) is -2.66. The molecule has 0 atom stereocenters. The van der Waals surface area contributed by atoms with Gasteiger partial charge in [0.05, 0.1) is 7.11 Å². The predicted octanol–water partition coefficient (Wildman–Crippen LogP) is 5.42. The Hall–Kier alpha value is -3.32. The monoisotopic (exact) mass is 546 g/mol. The molecule has 0 bridgehead atoms. The smallest absolute Gasteiger partial charge is 0.339 e. The number of amides is 1. The van der Waals surface area contributed by atoms with Crippen molar-refractivity contribution in [1.29, 1.82) is 5.26 Å². The summed E-state index contributed by atoms with van der Waals surface area (Å²) in [5, 5.41) is 12.5. The van der Waals surface area contributed by atoms with E-state index in [0.717, 1.165) is 0 Å². The van der Waals surface area contributed by atoms with Gasteiger partial charge in [-0.3, -0.25) is 4.79 Å². The SMILES string of the molecule is COc1ccc(NC(=O)/C(C#N)=C/c2cc(Br)ccc2OS(=O)(=O)c2ccc(Cl)cc2)cc1. The first kappa shape index (κ1) is 24.3. The molecule has 0 aliphatic carbocycles. The van der Waals surface area contributed by atoms with Crippen molar-refractivity contribution in [2.75, 3.05) is 12.4 Å². The summed E-state index contributed by atoms with van der Waals surface area (Å²) in [6, 6.07) is 18.4. The molecule has 10 heteroatoms. The minimum atomic E-state index is -4.18. The van der Waals surface area contributed by atoms with Gasteiger partial charge in [0.25, 0.3) is 5.91 Å². The van der Waals surface area contributed by atoms with E-state index >= 15 is 0 Å². The number of nitriles is 1. The lowest BCUT2D eigenvalue weighted by atomic mass is 10.1. The molecule has 3 rings (SSSR count). The minimum absolute atomic E-state index is 0.0573. The summed E-state index contributed by atoms with van der Waals surface area (Å²) in [5.41, 5.74) is 0.416. The normalized spacial score (nSPS) is 11.4. The van der Waals surface area contributed by atoms with Gasteiger partial charge < -0.3 is 14.2 Å². The van der Waals surface area contributed by atoms with Gasteiger partial charge >= 0.3 is 10.1 Å². The lowest BCUT2D eigenvalue weighted by Crippen LogP contribution is -2.14. The second-order valence-corrected chi connectivity index (χ2v) is 9.42. The average molecular weight is 548 g/mol. The van der Waals surface area contributed by atoms with Crippen LogP contribution < -0.4 is 14.2 Å². The van der Waals surface area contributed by atoms with Crippen molar-refractivity contribution < 1.29 is 22.1 Å². The number of methoxy groups -OCH3 is 1. The number of hydrogen-bond acceptors (Lipinski definition) is 6. The van der Waals surface area contributed by atoms with E-state index in [9.17, 15) is 18.5 Å². The topological polar surface area (TPSA) is 105 Å². The fourth-order valence-corrected chi connectivity index (χ4v) is 4.11. The van der Waals surface area contributed by atoms with Crippen LogP contribution in [-0.2, 0) is 14.9 Å². The Balaban J connectivity index is 1.90. The number of benzene rings is 3. The van der Waals surface area contributed by atoms with Gasteiger partial charge in [-0.25, -0.2) is 0 Å². The van der Waals surface area contributed by atoms with Crippen molar-refractivity contribution in [2.24, 2.45) is 0 Å². The molecule has 0 radical (unpaired) electrons. The van der Waals surface area contributed by atoms with E-state index in [1.807, 2.05) is 6.07 Å². The number of ether oxygens (including phenoxy) is 1. The van der Waals surface area contributed by atoms with Crippen molar-refractivity contribution >= 4 is 55.3 Å². The first-order chi connectivity index (χ1) is 15.7. The van der Waals surface area contributed by atoms with E-state index in [2.05, 4.69) is 21.2 Å². The van der Waals surface area contributed by atoms with Crippen LogP contribution in [-0.4, -0.2) is 21.4 Å². The first-order valence-electron chi connectivity index (χ1n) is 9.28. The fraction of sp³-hybridized carbons (Fsp3) is 0.0435. The van der Waals surface area contributed by atoms with Gasteiger partial charge in [0.2, 0.25) is 0 Å². The minimum Gasteiger partial charge on any atom is -0.497 e. The second kappa shape index (κ2) is 10.5. The number of rotatable bonds is 7. The highest BCUT2D eigenvalue weighted by Crippen LogP contribution is 2.29. The van der Waals surface area contributed by atoms with Crippen molar-refractivity contribution in [3.05, 3.63) is 87.4 Å². The molecule has 3 aromatic carbocycles. The number of carbonyl (C=O) groups excluding carboxylic acids is 1. The molecular formula is C23H16BrClN2O5S. The van der Waals surface area contributed by atoms with Crippen molar-refractivity contribution in [2.45, 2.75) is 4.90 Å². The van der Waals surface area contributed by atoms with Crippen molar-refractivity contribution in [3.8, 4) is 17.6 Å².